The third-order valence-electron chi connectivity index (χ3n) is 5.10. The van der Waals surface area contributed by atoms with E-state index >= 15 is 0 Å². The zero-order valence-corrected chi connectivity index (χ0v) is 17.5. The highest BCUT2D eigenvalue weighted by molar-refractivity contribution is 6.31. The molecule has 2 atom stereocenters. The summed E-state index contributed by atoms with van der Waals surface area (Å²) < 4.78 is 5.16. The Bertz CT molecular complexity index is 1160. The third kappa shape index (κ3) is 3.80. The lowest BCUT2D eigenvalue weighted by atomic mass is 10.1. The number of rotatable bonds is 5. The van der Waals surface area contributed by atoms with Crippen molar-refractivity contribution in [1.82, 2.24) is 19.9 Å². The second-order valence-corrected chi connectivity index (χ2v) is 7.96. The van der Waals surface area contributed by atoms with Gasteiger partial charge in [-0.2, -0.15) is 4.98 Å². The summed E-state index contributed by atoms with van der Waals surface area (Å²) in [7, 11) is 0. The van der Waals surface area contributed by atoms with Gasteiger partial charge in [-0.15, -0.1) is 0 Å². The van der Waals surface area contributed by atoms with Gasteiger partial charge in [0, 0.05) is 21.5 Å². The summed E-state index contributed by atoms with van der Waals surface area (Å²) in [5.41, 5.74) is 0.990. The molecule has 1 saturated heterocycles. The van der Waals surface area contributed by atoms with Crippen molar-refractivity contribution in [2.45, 2.75) is 32.9 Å². The van der Waals surface area contributed by atoms with E-state index < -0.39 is 12.1 Å². The van der Waals surface area contributed by atoms with Crippen molar-refractivity contribution in [1.29, 1.82) is 0 Å². The van der Waals surface area contributed by atoms with Crippen molar-refractivity contribution in [2.75, 3.05) is 16.8 Å². The number of anilines is 2. The Morgan fingerprint density at radius 3 is 2.80 bits per heavy atom. The van der Waals surface area contributed by atoms with E-state index in [-0.39, 0.29) is 36.0 Å². The summed E-state index contributed by atoms with van der Waals surface area (Å²) in [4.78, 5) is 41.6. The Morgan fingerprint density at radius 1 is 1.23 bits per heavy atom. The molecular weight excluding hydrogens is 408 g/mol. The lowest BCUT2D eigenvalue weighted by molar-refractivity contribution is 0.177. The van der Waals surface area contributed by atoms with E-state index in [9.17, 15) is 9.59 Å². The van der Waals surface area contributed by atoms with Crippen LogP contribution in [0, 0.1) is 5.92 Å². The molecule has 0 radical (unpaired) electrons. The number of ether oxygens (including phenoxy) is 1. The Hall–Kier alpha value is -3.20. The molecule has 0 saturated carbocycles. The first-order chi connectivity index (χ1) is 14.3. The standard InChI is InChI=1S/C20H21ClN6O3/c1-10(2)16-8-30-20(29)27(16)19-23-9-22-18(26-19)24-11(3)14-7-12-6-13(21)4-5-15(12)25-17(14)28/h4-7,9-11,16H,8H2,1-3H3,(H,25,28)(H,22,23,24,26)/t11?,16-/m1/s1. The van der Waals surface area contributed by atoms with Crippen molar-refractivity contribution in [2.24, 2.45) is 5.92 Å². The molecule has 0 bridgehead atoms. The predicted octanol–water partition coefficient (Wildman–Crippen LogP) is 3.52. The molecule has 3 aromatic rings. The highest BCUT2D eigenvalue weighted by Crippen LogP contribution is 2.25. The van der Waals surface area contributed by atoms with Gasteiger partial charge >= 0.3 is 6.09 Å². The van der Waals surface area contributed by atoms with E-state index in [4.69, 9.17) is 16.3 Å². The van der Waals surface area contributed by atoms with Crippen molar-refractivity contribution in [3.8, 4) is 0 Å². The lowest BCUT2D eigenvalue weighted by Crippen LogP contribution is -2.38. The van der Waals surface area contributed by atoms with Gasteiger partial charge in [0.25, 0.3) is 5.56 Å². The van der Waals surface area contributed by atoms with Crippen LogP contribution in [0.3, 0.4) is 0 Å². The smallest absolute Gasteiger partial charge is 0.417 e. The molecule has 10 heteroatoms. The number of aromatic amines is 1. The summed E-state index contributed by atoms with van der Waals surface area (Å²) in [6.45, 7) is 6.11. The van der Waals surface area contributed by atoms with Crippen LogP contribution < -0.4 is 15.8 Å². The number of nitrogens with one attached hydrogen (secondary N) is 2. The molecule has 0 aliphatic carbocycles. The zero-order valence-electron chi connectivity index (χ0n) is 16.7. The first-order valence-electron chi connectivity index (χ1n) is 9.57. The van der Waals surface area contributed by atoms with Gasteiger partial charge in [-0.1, -0.05) is 25.4 Å². The van der Waals surface area contributed by atoms with E-state index in [1.165, 1.54) is 11.2 Å². The SMILES string of the molecule is CC(Nc1ncnc(N2C(=O)OC[C@@H]2C(C)C)n1)c1cc2cc(Cl)ccc2[nH]c1=O. The average Bonchev–Trinajstić information content (AvgIpc) is 3.09. The van der Waals surface area contributed by atoms with Gasteiger partial charge in [0.15, 0.2) is 0 Å². The number of fused-ring (bicyclic) bond motifs is 1. The number of hydrogen-bond acceptors (Lipinski definition) is 7. The molecule has 3 heterocycles. The van der Waals surface area contributed by atoms with Gasteiger partial charge in [0.1, 0.15) is 12.9 Å². The number of nitrogens with zero attached hydrogens (tertiary/aromatic N) is 4. The minimum atomic E-state index is -0.484. The normalized spacial score (nSPS) is 17.4. The van der Waals surface area contributed by atoms with Crippen LogP contribution in [0.15, 0.2) is 35.4 Å². The van der Waals surface area contributed by atoms with Gasteiger partial charge in [-0.3, -0.25) is 4.79 Å². The minimum Gasteiger partial charge on any atom is -0.447 e. The highest BCUT2D eigenvalue weighted by Gasteiger charge is 2.38. The minimum absolute atomic E-state index is 0.154. The Kier molecular flexibility index (Phi) is 5.29. The summed E-state index contributed by atoms with van der Waals surface area (Å²) >= 11 is 6.07. The number of halogens is 1. The monoisotopic (exact) mass is 428 g/mol. The number of H-pyrrole nitrogens is 1. The second-order valence-electron chi connectivity index (χ2n) is 7.52. The molecule has 30 heavy (non-hydrogen) atoms. The maximum absolute atomic E-state index is 12.5. The van der Waals surface area contributed by atoms with Crippen LogP contribution in [-0.2, 0) is 4.74 Å². The molecule has 2 aromatic heterocycles. The van der Waals surface area contributed by atoms with Gasteiger partial charge in [0.2, 0.25) is 11.9 Å². The number of aromatic nitrogens is 4. The van der Waals surface area contributed by atoms with E-state index in [1.807, 2.05) is 20.8 Å². The highest BCUT2D eigenvalue weighted by atomic mass is 35.5. The van der Waals surface area contributed by atoms with Crippen LogP contribution >= 0.6 is 11.6 Å². The number of hydrogen-bond donors (Lipinski definition) is 2. The molecule has 0 spiro atoms. The first-order valence-corrected chi connectivity index (χ1v) is 9.95. The molecular formula is C20H21ClN6O3. The van der Waals surface area contributed by atoms with Crippen LogP contribution in [0.5, 0.6) is 0 Å². The second kappa shape index (κ2) is 7.91. The molecule has 1 aliphatic heterocycles. The maximum atomic E-state index is 12.5. The summed E-state index contributed by atoms with van der Waals surface area (Å²) in [6.07, 6.45) is 0.840. The molecule has 9 nitrogen and oxygen atoms in total. The number of amides is 1. The number of carbonyl (C=O) groups excluding carboxylic acids is 1. The van der Waals surface area contributed by atoms with Crippen molar-refractivity contribution in [3.05, 3.63) is 51.5 Å². The maximum Gasteiger partial charge on any atom is 0.417 e. The van der Waals surface area contributed by atoms with E-state index in [0.717, 1.165) is 5.39 Å². The van der Waals surface area contributed by atoms with Crippen LogP contribution in [-0.4, -0.2) is 38.7 Å². The molecule has 1 fully saturated rings. The number of carbonyl (C=O) groups is 1. The predicted molar refractivity (Wildman–Crippen MR) is 114 cm³/mol. The van der Waals surface area contributed by atoms with Crippen LogP contribution in [0.1, 0.15) is 32.4 Å². The van der Waals surface area contributed by atoms with Crippen molar-refractivity contribution < 1.29 is 9.53 Å². The van der Waals surface area contributed by atoms with Gasteiger partial charge in [0.05, 0.1) is 12.1 Å². The summed E-state index contributed by atoms with van der Waals surface area (Å²) in [5, 5.41) is 4.51. The summed E-state index contributed by atoms with van der Waals surface area (Å²) in [6, 6.07) is 6.50. The van der Waals surface area contributed by atoms with Crippen LogP contribution in [0.25, 0.3) is 10.9 Å². The Morgan fingerprint density at radius 2 is 2.03 bits per heavy atom. The fourth-order valence-corrected chi connectivity index (χ4v) is 3.60. The molecule has 156 valence electrons. The fourth-order valence-electron chi connectivity index (χ4n) is 3.42. The Balaban J connectivity index is 1.61. The topological polar surface area (TPSA) is 113 Å². The largest absolute Gasteiger partial charge is 0.447 e. The first kappa shape index (κ1) is 20.1. The number of pyridine rings is 1. The van der Waals surface area contributed by atoms with Crippen molar-refractivity contribution in [3.63, 3.8) is 0 Å². The fraction of sp³-hybridized carbons (Fsp3) is 0.350. The third-order valence-corrected chi connectivity index (χ3v) is 5.33. The number of benzene rings is 1. The van der Waals surface area contributed by atoms with Crippen molar-refractivity contribution >= 4 is 40.5 Å². The van der Waals surface area contributed by atoms with Crippen LogP contribution in [0.2, 0.25) is 5.02 Å². The molecule has 1 aliphatic rings. The van der Waals surface area contributed by atoms with Crippen LogP contribution in [0.4, 0.5) is 16.7 Å². The summed E-state index contributed by atoms with van der Waals surface area (Å²) in [5.74, 6) is 0.631. The van der Waals surface area contributed by atoms with Gasteiger partial charge in [-0.25, -0.2) is 19.7 Å². The molecule has 1 amide bonds. The zero-order chi connectivity index (χ0) is 21.4. The van der Waals surface area contributed by atoms with Gasteiger partial charge in [-0.05, 0) is 37.1 Å². The average molecular weight is 429 g/mol. The lowest BCUT2D eigenvalue weighted by Gasteiger charge is -2.22. The van der Waals surface area contributed by atoms with E-state index in [2.05, 4.69) is 25.3 Å². The van der Waals surface area contributed by atoms with Gasteiger partial charge < -0.3 is 15.0 Å². The quantitative estimate of drug-likeness (QED) is 0.639. The Labute approximate surface area is 177 Å². The molecule has 2 N–H and O–H groups in total. The molecule has 1 aromatic carbocycles. The van der Waals surface area contributed by atoms with E-state index in [1.54, 1.807) is 24.3 Å². The molecule has 4 rings (SSSR count). The molecule has 1 unspecified atom stereocenters. The van der Waals surface area contributed by atoms with E-state index in [0.29, 0.717) is 16.1 Å². The number of cyclic esters (lactones) is 1.